The fraction of sp³-hybridized carbons (Fsp3) is 0.231. The van der Waals surface area contributed by atoms with Gasteiger partial charge in [-0.3, -0.25) is 10.1 Å². The molecule has 5 heteroatoms. The zero-order valence-corrected chi connectivity index (χ0v) is 9.56. The number of amides is 3. The SMILES string of the molecule is O=C1NC(=O)N2Cc3[nH]c4ccccc4c3CC12. The average molecular weight is 241 g/mol. The van der Waals surface area contributed by atoms with Crippen LogP contribution in [0.1, 0.15) is 11.3 Å². The quantitative estimate of drug-likeness (QED) is 0.679. The molecule has 3 amide bonds. The summed E-state index contributed by atoms with van der Waals surface area (Å²) < 4.78 is 0. The highest BCUT2D eigenvalue weighted by Gasteiger charge is 2.42. The minimum Gasteiger partial charge on any atom is -0.357 e. The van der Waals surface area contributed by atoms with Crippen LogP contribution in [0.2, 0.25) is 0 Å². The third-order valence-electron chi connectivity index (χ3n) is 3.80. The summed E-state index contributed by atoms with van der Waals surface area (Å²) >= 11 is 0. The Bertz CT molecular complexity index is 689. The number of aromatic nitrogens is 1. The number of para-hydroxylation sites is 1. The first-order chi connectivity index (χ1) is 8.74. The Hall–Kier alpha value is -2.30. The first kappa shape index (κ1) is 9.70. The van der Waals surface area contributed by atoms with Gasteiger partial charge in [0.1, 0.15) is 6.04 Å². The Morgan fingerprint density at radius 2 is 2.06 bits per heavy atom. The lowest BCUT2D eigenvalue weighted by atomic mass is 9.97. The smallest absolute Gasteiger partial charge is 0.325 e. The number of carbonyl (C=O) groups excluding carboxylic acids is 2. The number of benzene rings is 1. The standard InChI is InChI=1S/C13H11N3O2/c17-12-11-5-8-7-3-1-2-4-9(7)14-10(8)6-16(11)13(18)15-12/h1-4,11,14H,5-6H2,(H,15,17,18). The third kappa shape index (κ3) is 1.11. The number of nitrogens with one attached hydrogen (secondary N) is 2. The summed E-state index contributed by atoms with van der Waals surface area (Å²) in [4.78, 5) is 28.3. The number of aromatic amines is 1. The van der Waals surface area contributed by atoms with Crippen LogP contribution in [0, 0.1) is 0 Å². The number of fused-ring (bicyclic) bond motifs is 4. The molecule has 1 atom stereocenters. The molecule has 2 N–H and O–H groups in total. The van der Waals surface area contributed by atoms with Gasteiger partial charge in [0.2, 0.25) is 0 Å². The Labute approximate surface area is 103 Å². The van der Waals surface area contributed by atoms with Gasteiger partial charge in [0.15, 0.2) is 0 Å². The minimum absolute atomic E-state index is 0.184. The summed E-state index contributed by atoms with van der Waals surface area (Å²) in [5.74, 6) is -0.184. The summed E-state index contributed by atoms with van der Waals surface area (Å²) in [6.07, 6.45) is 0.594. The molecule has 1 fully saturated rings. The number of hydrogen-bond donors (Lipinski definition) is 2. The molecule has 0 saturated carbocycles. The molecule has 2 aliphatic heterocycles. The maximum absolute atomic E-state index is 11.7. The Morgan fingerprint density at radius 3 is 2.94 bits per heavy atom. The second-order valence-corrected chi connectivity index (χ2v) is 4.77. The Morgan fingerprint density at radius 1 is 1.22 bits per heavy atom. The number of nitrogens with zero attached hydrogens (tertiary/aromatic N) is 1. The molecule has 4 rings (SSSR count). The van der Waals surface area contributed by atoms with Crippen LogP contribution in [-0.2, 0) is 17.8 Å². The summed E-state index contributed by atoms with van der Waals surface area (Å²) in [6, 6.07) is 7.40. The minimum atomic E-state index is -0.343. The molecule has 3 heterocycles. The van der Waals surface area contributed by atoms with Gasteiger partial charge in [-0.1, -0.05) is 18.2 Å². The second kappa shape index (κ2) is 3.13. The molecule has 0 aliphatic carbocycles. The molecule has 1 aromatic carbocycles. The van der Waals surface area contributed by atoms with Gasteiger partial charge in [-0.15, -0.1) is 0 Å². The van der Waals surface area contributed by atoms with Crippen LogP contribution in [0.4, 0.5) is 4.79 Å². The van der Waals surface area contributed by atoms with Crippen LogP contribution in [-0.4, -0.2) is 27.9 Å². The first-order valence-corrected chi connectivity index (χ1v) is 5.94. The van der Waals surface area contributed by atoms with Crippen molar-refractivity contribution in [3.63, 3.8) is 0 Å². The molecule has 1 aromatic heterocycles. The molecule has 0 radical (unpaired) electrons. The van der Waals surface area contributed by atoms with E-state index in [2.05, 4.69) is 16.4 Å². The summed E-state index contributed by atoms with van der Waals surface area (Å²) in [6.45, 7) is 0.478. The van der Waals surface area contributed by atoms with Gasteiger partial charge in [0.25, 0.3) is 5.91 Å². The monoisotopic (exact) mass is 241 g/mol. The number of rotatable bonds is 0. The van der Waals surface area contributed by atoms with E-state index in [9.17, 15) is 9.59 Å². The van der Waals surface area contributed by atoms with Crippen molar-refractivity contribution in [2.24, 2.45) is 0 Å². The molecular formula is C13H11N3O2. The second-order valence-electron chi connectivity index (χ2n) is 4.77. The van der Waals surface area contributed by atoms with Gasteiger partial charge < -0.3 is 9.88 Å². The maximum Gasteiger partial charge on any atom is 0.325 e. The largest absolute Gasteiger partial charge is 0.357 e. The lowest BCUT2D eigenvalue weighted by Gasteiger charge is -2.26. The predicted octanol–water partition coefficient (Wildman–Crippen LogP) is 1.14. The van der Waals surface area contributed by atoms with Crippen LogP contribution >= 0.6 is 0 Å². The summed E-state index contributed by atoms with van der Waals surface area (Å²) in [7, 11) is 0. The van der Waals surface area contributed by atoms with Crippen molar-refractivity contribution in [2.45, 2.75) is 19.0 Å². The number of hydrogen-bond acceptors (Lipinski definition) is 2. The highest BCUT2D eigenvalue weighted by atomic mass is 16.2. The molecule has 0 spiro atoms. The average Bonchev–Trinajstić information content (AvgIpc) is 2.86. The van der Waals surface area contributed by atoms with Crippen molar-refractivity contribution in [2.75, 3.05) is 0 Å². The molecule has 1 unspecified atom stereocenters. The summed E-state index contributed by atoms with van der Waals surface area (Å²) in [5.41, 5.74) is 3.27. The maximum atomic E-state index is 11.7. The van der Waals surface area contributed by atoms with E-state index in [1.54, 1.807) is 4.90 Å². The van der Waals surface area contributed by atoms with E-state index < -0.39 is 0 Å². The van der Waals surface area contributed by atoms with E-state index in [-0.39, 0.29) is 18.0 Å². The van der Waals surface area contributed by atoms with E-state index in [4.69, 9.17) is 0 Å². The fourth-order valence-corrected chi connectivity index (χ4v) is 2.92. The Balaban J connectivity index is 1.89. The van der Waals surface area contributed by atoms with E-state index in [1.165, 1.54) is 0 Å². The molecule has 2 aliphatic rings. The number of urea groups is 1. The van der Waals surface area contributed by atoms with Crippen LogP contribution in [0.15, 0.2) is 24.3 Å². The van der Waals surface area contributed by atoms with Crippen molar-refractivity contribution in [1.82, 2.24) is 15.2 Å². The molecule has 2 aromatic rings. The predicted molar refractivity (Wildman–Crippen MR) is 64.9 cm³/mol. The van der Waals surface area contributed by atoms with Crippen molar-refractivity contribution >= 4 is 22.8 Å². The van der Waals surface area contributed by atoms with Gasteiger partial charge in [-0.05, 0) is 11.6 Å². The van der Waals surface area contributed by atoms with E-state index in [1.807, 2.05) is 18.2 Å². The number of imide groups is 1. The molecule has 5 nitrogen and oxygen atoms in total. The first-order valence-electron chi connectivity index (χ1n) is 5.94. The zero-order chi connectivity index (χ0) is 12.3. The van der Waals surface area contributed by atoms with Gasteiger partial charge in [0, 0.05) is 23.0 Å². The zero-order valence-electron chi connectivity index (χ0n) is 9.56. The molecular weight excluding hydrogens is 230 g/mol. The molecule has 0 bridgehead atoms. The van der Waals surface area contributed by atoms with Crippen LogP contribution < -0.4 is 5.32 Å². The molecule has 18 heavy (non-hydrogen) atoms. The number of H-pyrrole nitrogens is 1. The third-order valence-corrected chi connectivity index (χ3v) is 3.80. The lowest BCUT2D eigenvalue weighted by molar-refractivity contribution is -0.121. The highest BCUT2D eigenvalue weighted by Crippen LogP contribution is 2.31. The van der Waals surface area contributed by atoms with Crippen LogP contribution in [0.3, 0.4) is 0 Å². The highest BCUT2D eigenvalue weighted by molar-refractivity contribution is 6.05. The van der Waals surface area contributed by atoms with Crippen LogP contribution in [0.25, 0.3) is 10.9 Å². The van der Waals surface area contributed by atoms with E-state index in [0.29, 0.717) is 13.0 Å². The lowest BCUT2D eigenvalue weighted by Crippen LogP contribution is -2.39. The van der Waals surface area contributed by atoms with Gasteiger partial charge in [0.05, 0.1) is 6.54 Å². The summed E-state index contributed by atoms with van der Waals surface area (Å²) in [5, 5.41) is 3.52. The van der Waals surface area contributed by atoms with Crippen molar-refractivity contribution in [3.8, 4) is 0 Å². The van der Waals surface area contributed by atoms with Crippen molar-refractivity contribution < 1.29 is 9.59 Å². The van der Waals surface area contributed by atoms with Crippen molar-refractivity contribution in [1.29, 1.82) is 0 Å². The van der Waals surface area contributed by atoms with Gasteiger partial charge >= 0.3 is 6.03 Å². The van der Waals surface area contributed by atoms with Crippen molar-refractivity contribution in [3.05, 3.63) is 35.5 Å². The molecule has 1 saturated heterocycles. The van der Waals surface area contributed by atoms with Gasteiger partial charge in [-0.25, -0.2) is 4.79 Å². The normalized spacial score (nSPS) is 22.0. The Kier molecular flexibility index (Phi) is 1.69. The topological polar surface area (TPSA) is 65.2 Å². The van der Waals surface area contributed by atoms with E-state index in [0.717, 1.165) is 22.2 Å². The van der Waals surface area contributed by atoms with Crippen LogP contribution in [0.5, 0.6) is 0 Å². The molecule has 90 valence electrons. The van der Waals surface area contributed by atoms with Gasteiger partial charge in [-0.2, -0.15) is 0 Å². The fourth-order valence-electron chi connectivity index (χ4n) is 2.92. The van der Waals surface area contributed by atoms with E-state index >= 15 is 0 Å². The number of carbonyl (C=O) groups is 2.